The van der Waals surface area contributed by atoms with Crippen LogP contribution in [0.25, 0.3) is 0 Å². The topological polar surface area (TPSA) is 71.5 Å². The zero-order valence-corrected chi connectivity index (χ0v) is 15.1. The summed E-state index contributed by atoms with van der Waals surface area (Å²) in [6.45, 7) is 5.96. The predicted molar refractivity (Wildman–Crippen MR) is 87.4 cm³/mol. The average molecular weight is 341 g/mol. The van der Waals surface area contributed by atoms with Crippen molar-refractivity contribution in [1.29, 1.82) is 0 Å². The highest BCUT2D eigenvalue weighted by molar-refractivity contribution is 7.89. The van der Waals surface area contributed by atoms with E-state index in [2.05, 4.69) is 0 Å². The van der Waals surface area contributed by atoms with Gasteiger partial charge >= 0.3 is 0 Å². The first kappa shape index (κ1) is 17.1. The summed E-state index contributed by atoms with van der Waals surface area (Å²) >= 11 is 0. The summed E-state index contributed by atoms with van der Waals surface area (Å²) in [5, 5.41) is 0. The van der Waals surface area contributed by atoms with Crippen molar-refractivity contribution in [2.24, 2.45) is 16.7 Å². The molecule has 2 aliphatic carbocycles. The summed E-state index contributed by atoms with van der Waals surface area (Å²) in [5.41, 5.74) is -1.02. The van der Waals surface area contributed by atoms with Crippen molar-refractivity contribution in [3.63, 3.8) is 0 Å². The fourth-order valence-electron chi connectivity index (χ4n) is 5.15. The SMILES string of the molecule is CC(=O)C1CCCCN1S(=O)(=O)C[C@]12CC[C@@H](CC1=O)C2(C)C. The molecule has 23 heavy (non-hydrogen) atoms. The van der Waals surface area contributed by atoms with E-state index in [0.29, 0.717) is 31.7 Å². The van der Waals surface area contributed by atoms with Crippen LogP contribution in [-0.2, 0) is 19.6 Å². The van der Waals surface area contributed by atoms with Gasteiger partial charge in [-0.05, 0) is 43.9 Å². The molecular weight excluding hydrogens is 314 g/mol. The van der Waals surface area contributed by atoms with Gasteiger partial charge in [0.25, 0.3) is 0 Å². The third kappa shape index (κ3) is 2.40. The zero-order chi connectivity index (χ0) is 17.0. The number of fused-ring (bicyclic) bond motifs is 2. The van der Waals surface area contributed by atoms with Crippen molar-refractivity contribution in [2.75, 3.05) is 12.3 Å². The third-order valence-corrected chi connectivity index (χ3v) is 8.86. The average Bonchev–Trinajstić information content (AvgIpc) is 2.81. The number of sulfonamides is 1. The second-order valence-corrected chi connectivity index (χ2v) is 10.1. The maximum Gasteiger partial charge on any atom is 0.215 e. The van der Waals surface area contributed by atoms with Crippen LogP contribution in [-0.4, -0.2) is 42.6 Å². The lowest BCUT2D eigenvalue weighted by Crippen LogP contribution is -2.52. The van der Waals surface area contributed by atoms with Crippen molar-refractivity contribution < 1.29 is 18.0 Å². The molecule has 1 unspecified atom stereocenters. The normalized spacial score (nSPS) is 37.3. The molecule has 0 aromatic carbocycles. The van der Waals surface area contributed by atoms with Crippen LogP contribution in [0, 0.1) is 16.7 Å². The second kappa shape index (κ2) is 5.38. The molecule has 2 bridgehead atoms. The van der Waals surface area contributed by atoms with Gasteiger partial charge in [-0.3, -0.25) is 9.59 Å². The van der Waals surface area contributed by atoms with Crippen LogP contribution in [0.4, 0.5) is 0 Å². The molecule has 130 valence electrons. The van der Waals surface area contributed by atoms with E-state index in [9.17, 15) is 18.0 Å². The minimum absolute atomic E-state index is 0.0907. The van der Waals surface area contributed by atoms with Crippen LogP contribution in [0.2, 0.25) is 0 Å². The van der Waals surface area contributed by atoms with Crippen LogP contribution >= 0.6 is 0 Å². The fraction of sp³-hybridized carbons (Fsp3) is 0.882. The Balaban J connectivity index is 1.92. The number of hydrogen-bond donors (Lipinski definition) is 0. The minimum Gasteiger partial charge on any atom is -0.299 e. The number of hydrogen-bond acceptors (Lipinski definition) is 4. The lowest BCUT2D eigenvalue weighted by molar-refractivity contribution is -0.128. The maximum absolute atomic E-state index is 13.1. The fourth-order valence-corrected chi connectivity index (χ4v) is 7.66. The molecule has 0 aromatic heterocycles. The highest BCUT2D eigenvalue weighted by Gasteiger charge is 2.65. The second-order valence-electron chi connectivity index (χ2n) is 8.16. The van der Waals surface area contributed by atoms with E-state index in [-0.39, 0.29) is 22.7 Å². The summed E-state index contributed by atoms with van der Waals surface area (Å²) in [4.78, 5) is 24.5. The van der Waals surface area contributed by atoms with Gasteiger partial charge in [0.1, 0.15) is 11.6 Å². The first-order valence-corrected chi connectivity index (χ1v) is 10.3. The molecule has 3 fully saturated rings. The molecule has 3 aliphatic rings. The zero-order valence-electron chi connectivity index (χ0n) is 14.3. The summed E-state index contributed by atoms with van der Waals surface area (Å²) in [6.07, 6.45) is 4.38. The van der Waals surface area contributed by atoms with E-state index in [0.717, 1.165) is 19.3 Å². The maximum atomic E-state index is 13.1. The van der Waals surface area contributed by atoms with Crippen molar-refractivity contribution in [1.82, 2.24) is 4.31 Å². The molecule has 1 aliphatic heterocycles. The van der Waals surface area contributed by atoms with Gasteiger partial charge in [0, 0.05) is 18.4 Å². The van der Waals surface area contributed by atoms with Gasteiger partial charge in [-0.15, -0.1) is 0 Å². The van der Waals surface area contributed by atoms with Gasteiger partial charge in [0.15, 0.2) is 0 Å². The van der Waals surface area contributed by atoms with Crippen molar-refractivity contribution in [3.05, 3.63) is 0 Å². The molecule has 1 saturated heterocycles. The van der Waals surface area contributed by atoms with E-state index >= 15 is 0 Å². The quantitative estimate of drug-likeness (QED) is 0.785. The van der Waals surface area contributed by atoms with Gasteiger partial charge in [-0.1, -0.05) is 20.3 Å². The van der Waals surface area contributed by atoms with Gasteiger partial charge in [0.05, 0.1) is 11.8 Å². The van der Waals surface area contributed by atoms with E-state index in [4.69, 9.17) is 0 Å². The van der Waals surface area contributed by atoms with Crippen molar-refractivity contribution >= 4 is 21.6 Å². The lowest BCUT2D eigenvalue weighted by Gasteiger charge is -2.40. The molecule has 0 N–H and O–H groups in total. The minimum atomic E-state index is -3.62. The molecule has 3 rings (SSSR count). The molecule has 0 spiro atoms. The Morgan fingerprint density at radius 2 is 1.96 bits per heavy atom. The number of carbonyl (C=O) groups is 2. The first-order chi connectivity index (χ1) is 10.6. The van der Waals surface area contributed by atoms with Gasteiger partial charge in [0.2, 0.25) is 10.0 Å². The van der Waals surface area contributed by atoms with Gasteiger partial charge in [-0.25, -0.2) is 8.42 Å². The third-order valence-electron chi connectivity index (χ3n) is 6.85. The highest BCUT2D eigenvalue weighted by Crippen LogP contribution is 2.64. The largest absolute Gasteiger partial charge is 0.299 e. The number of nitrogens with zero attached hydrogens (tertiary/aromatic N) is 1. The number of piperidine rings is 1. The number of Topliss-reactive ketones (excluding diaryl/α,β-unsaturated/α-hetero) is 2. The summed E-state index contributed by atoms with van der Waals surface area (Å²) in [5.74, 6) is 0.201. The molecule has 3 atom stereocenters. The predicted octanol–water partition coefficient (Wildman–Crippen LogP) is 2.16. The van der Waals surface area contributed by atoms with Crippen molar-refractivity contribution in [3.8, 4) is 0 Å². The molecule has 0 amide bonds. The Labute approximate surface area is 138 Å². The van der Waals surface area contributed by atoms with Crippen LogP contribution in [0.15, 0.2) is 0 Å². The monoisotopic (exact) mass is 341 g/mol. The summed E-state index contributed by atoms with van der Waals surface area (Å²) in [7, 11) is -3.62. The Morgan fingerprint density at radius 3 is 2.48 bits per heavy atom. The Bertz CT molecular complexity index is 639. The van der Waals surface area contributed by atoms with E-state index in [1.165, 1.54) is 11.2 Å². The number of carbonyl (C=O) groups excluding carboxylic acids is 2. The number of ketones is 2. The Kier molecular flexibility index (Phi) is 4.00. The number of rotatable bonds is 4. The van der Waals surface area contributed by atoms with E-state index in [1.54, 1.807) is 0 Å². The Hall–Kier alpha value is -0.750. The first-order valence-electron chi connectivity index (χ1n) is 8.65. The van der Waals surface area contributed by atoms with Crippen LogP contribution < -0.4 is 0 Å². The molecule has 6 heteroatoms. The molecule has 0 aromatic rings. The molecular formula is C17H27NO4S. The van der Waals surface area contributed by atoms with Crippen LogP contribution in [0.1, 0.15) is 59.3 Å². The smallest absolute Gasteiger partial charge is 0.215 e. The van der Waals surface area contributed by atoms with Crippen LogP contribution in [0.5, 0.6) is 0 Å². The highest BCUT2D eigenvalue weighted by atomic mass is 32.2. The van der Waals surface area contributed by atoms with Crippen LogP contribution in [0.3, 0.4) is 0 Å². The molecule has 5 nitrogen and oxygen atoms in total. The van der Waals surface area contributed by atoms with Crippen molar-refractivity contribution in [2.45, 2.75) is 65.3 Å². The summed E-state index contributed by atoms with van der Waals surface area (Å²) < 4.78 is 27.6. The lowest BCUT2D eigenvalue weighted by atomic mass is 9.70. The Morgan fingerprint density at radius 1 is 1.26 bits per heavy atom. The van der Waals surface area contributed by atoms with E-state index < -0.39 is 21.5 Å². The molecule has 1 heterocycles. The van der Waals surface area contributed by atoms with Gasteiger partial charge < -0.3 is 0 Å². The molecule has 0 radical (unpaired) electrons. The van der Waals surface area contributed by atoms with E-state index in [1.807, 2.05) is 13.8 Å². The van der Waals surface area contributed by atoms with Gasteiger partial charge in [-0.2, -0.15) is 4.31 Å². The summed E-state index contributed by atoms with van der Waals surface area (Å²) in [6, 6.07) is -0.540. The molecule has 2 saturated carbocycles. The standard InChI is InChI=1S/C17H27NO4S/c1-12(19)14-6-4-5-9-18(14)23(21,22)11-17-8-7-13(10-15(17)20)16(17,2)3/h13-14H,4-11H2,1-3H3/t13-,14?,17+/m0/s1.